The molecule has 0 aliphatic rings. The third kappa shape index (κ3) is 83.5. The van der Waals surface area contributed by atoms with Gasteiger partial charge in [0.05, 0.1) is 0 Å². The van der Waals surface area contributed by atoms with Gasteiger partial charge >= 0.3 is 55.8 Å². The number of hydrogen-bond donors (Lipinski definition) is 0. The Morgan fingerprint density at radius 2 is 1.14 bits per heavy atom. The van der Waals surface area contributed by atoms with Crippen LogP contribution in [0.2, 0.25) is 0 Å². The summed E-state index contributed by atoms with van der Waals surface area (Å²) in [7, 11) is -5.17. The van der Waals surface area contributed by atoms with Gasteiger partial charge in [0.25, 0.3) is 0 Å². The summed E-state index contributed by atoms with van der Waals surface area (Å²) in [5.41, 5.74) is 0. The molecule has 0 unspecified atom stereocenters. The summed E-state index contributed by atoms with van der Waals surface area (Å²) in [6.45, 7) is 0. The quantitative estimate of drug-likeness (QED) is 0.230. The van der Waals surface area contributed by atoms with Crippen LogP contribution in [0.4, 0.5) is 0 Å². The first-order valence-corrected chi connectivity index (χ1v) is 2.00. The second-order valence-electron chi connectivity index (χ2n) is 0.408. The molecule has 7 heteroatoms. The van der Waals surface area contributed by atoms with Crippen LogP contribution in [0.25, 0.3) is 0 Å². The predicted molar refractivity (Wildman–Crippen MR) is 10.5 cm³/mol. The molecule has 0 saturated heterocycles. The van der Waals surface area contributed by atoms with E-state index < -0.39 is 10.4 Å². The van der Waals surface area contributed by atoms with Crippen molar-refractivity contribution in [3.8, 4) is 0 Å². The maximum Gasteiger partial charge on any atom is 4.00 e. The van der Waals surface area contributed by atoms with Gasteiger partial charge in [-0.2, -0.15) is 0 Å². The third-order valence-corrected chi connectivity index (χ3v) is 0. The molecule has 0 saturated carbocycles. The van der Waals surface area contributed by atoms with Crippen LogP contribution < -0.4 is 29.6 Å². The summed E-state index contributed by atoms with van der Waals surface area (Å²) in [5.74, 6) is 0. The molecule has 0 N–H and O–H groups in total. The molecule has 0 radical (unpaired) electrons. The predicted octanol–water partition coefficient (Wildman–Crippen LogP) is -4.34. The van der Waals surface area contributed by atoms with Gasteiger partial charge in [0, 0.05) is 10.4 Å². The van der Waals surface area contributed by atoms with E-state index >= 15 is 0 Å². The van der Waals surface area contributed by atoms with Gasteiger partial charge in [-0.05, 0) is 0 Å². The van der Waals surface area contributed by atoms with Crippen LogP contribution in [0.5, 0.6) is 0 Å². The molecule has 7 heavy (non-hydrogen) atoms. The van der Waals surface area contributed by atoms with E-state index in [0.717, 1.165) is 0 Å². The van der Waals surface area contributed by atoms with Gasteiger partial charge in [-0.3, -0.25) is 8.42 Å². The molecule has 0 aromatic rings. The van der Waals surface area contributed by atoms with E-state index in [-0.39, 0.29) is 55.8 Å². The summed E-state index contributed by atoms with van der Waals surface area (Å²) < 4.78 is 34.1. The SMILES string of the molecule is O=S(=O)([O-])[O-].[Na+].[Zr+4]. The smallest absolute Gasteiger partial charge is 0.759 e. The van der Waals surface area contributed by atoms with Crippen LogP contribution in [0.1, 0.15) is 0 Å². The molecule has 0 aliphatic heterocycles. The maximum atomic E-state index is 8.52. The summed E-state index contributed by atoms with van der Waals surface area (Å²) in [6.07, 6.45) is 0. The summed E-state index contributed by atoms with van der Waals surface area (Å²) in [4.78, 5) is 0. The molecule has 0 bridgehead atoms. The monoisotopic (exact) mass is 209 g/mol. The van der Waals surface area contributed by atoms with Crippen LogP contribution in [0, 0.1) is 0 Å². The van der Waals surface area contributed by atoms with E-state index in [1.807, 2.05) is 0 Å². The Hall–Kier alpha value is 1.75. The van der Waals surface area contributed by atoms with Crippen molar-refractivity contribution in [2.75, 3.05) is 0 Å². The van der Waals surface area contributed by atoms with Crippen LogP contribution >= 0.6 is 0 Å². The fourth-order valence-electron chi connectivity index (χ4n) is 0. The van der Waals surface area contributed by atoms with E-state index in [4.69, 9.17) is 17.5 Å². The second-order valence-corrected chi connectivity index (χ2v) is 1.22. The van der Waals surface area contributed by atoms with Crippen LogP contribution in [0.3, 0.4) is 0 Å². The molecule has 0 fully saturated rings. The van der Waals surface area contributed by atoms with Gasteiger partial charge in [0.15, 0.2) is 0 Å². The zero-order valence-electron chi connectivity index (χ0n) is 3.54. The summed E-state index contributed by atoms with van der Waals surface area (Å²) in [5, 5.41) is 0. The zero-order valence-corrected chi connectivity index (χ0v) is 8.82. The largest absolute Gasteiger partial charge is 4.00 e. The fourth-order valence-corrected chi connectivity index (χ4v) is 0. The second kappa shape index (κ2) is 5.88. The Morgan fingerprint density at radius 3 is 1.14 bits per heavy atom. The first-order chi connectivity index (χ1) is 2.00. The standard InChI is InChI=1S/Na.H2O4S.Zr/c;1-5(2,3)4;/h;(H2,1,2,3,4);/q+1;;+4/p-2. The van der Waals surface area contributed by atoms with Crippen molar-refractivity contribution in [2.45, 2.75) is 0 Å². The first-order valence-electron chi connectivity index (χ1n) is 0.667. The topological polar surface area (TPSA) is 80.3 Å². The fraction of sp³-hybridized carbons (Fsp3) is 0. The summed E-state index contributed by atoms with van der Waals surface area (Å²) >= 11 is 0. The van der Waals surface area contributed by atoms with Crippen molar-refractivity contribution in [1.82, 2.24) is 0 Å². The minimum atomic E-state index is -5.17. The average Bonchev–Trinajstić information content (AvgIpc) is 0.722. The Bertz CT molecular complexity index is 94.9. The van der Waals surface area contributed by atoms with Crippen LogP contribution in [-0.2, 0) is 36.6 Å². The van der Waals surface area contributed by atoms with Crippen molar-refractivity contribution in [1.29, 1.82) is 0 Å². The normalized spacial score (nSPS) is 8.29. The molecule has 0 aromatic heterocycles. The molecule has 0 aromatic carbocycles. The number of hydrogen-bond acceptors (Lipinski definition) is 4. The molecule has 4 nitrogen and oxygen atoms in total. The molecule has 0 spiro atoms. The van der Waals surface area contributed by atoms with Gasteiger partial charge in [0.1, 0.15) is 0 Å². The molecule has 0 heterocycles. The van der Waals surface area contributed by atoms with Crippen LogP contribution in [0.15, 0.2) is 0 Å². The van der Waals surface area contributed by atoms with E-state index in [2.05, 4.69) is 0 Å². The van der Waals surface area contributed by atoms with Gasteiger partial charge in [-0.25, -0.2) is 0 Å². The summed E-state index contributed by atoms with van der Waals surface area (Å²) in [6, 6.07) is 0. The molecule has 0 aliphatic carbocycles. The van der Waals surface area contributed by atoms with Gasteiger partial charge in [-0.1, -0.05) is 0 Å². The number of rotatable bonds is 0. The zero-order chi connectivity index (χ0) is 4.50. The Kier molecular flexibility index (Phi) is 13.4. The van der Waals surface area contributed by atoms with Crippen molar-refractivity contribution in [3.63, 3.8) is 0 Å². The van der Waals surface area contributed by atoms with Gasteiger partial charge in [0.2, 0.25) is 0 Å². The molecular weight excluding hydrogens is 210 g/mol. The van der Waals surface area contributed by atoms with Crippen molar-refractivity contribution >= 4 is 10.4 Å². The average molecular weight is 210 g/mol. The van der Waals surface area contributed by atoms with E-state index in [9.17, 15) is 0 Å². The van der Waals surface area contributed by atoms with E-state index in [0.29, 0.717) is 0 Å². The Morgan fingerprint density at radius 1 is 1.14 bits per heavy atom. The molecule has 0 rings (SSSR count). The first kappa shape index (κ1) is 15.9. The van der Waals surface area contributed by atoms with E-state index in [1.54, 1.807) is 0 Å². The molecule has 0 atom stereocenters. The van der Waals surface area contributed by atoms with Crippen molar-refractivity contribution in [2.24, 2.45) is 0 Å². The minimum Gasteiger partial charge on any atom is -0.759 e. The van der Waals surface area contributed by atoms with Crippen molar-refractivity contribution < 1.29 is 73.3 Å². The van der Waals surface area contributed by atoms with Crippen molar-refractivity contribution in [3.05, 3.63) is 0 Å². The van der Waals surface area contributed by atoms with E-state index in [1.165, 1.54) is 0 Å². The molecule has 0 amide bonds. The third-order valence-electron chi connectivity index (χ3n) is 0. The molecular formula is NaO4SZr+3. The minimum absolute atomic E-state index is 0. The maximum absolute atomic E-state index is 8.52. The van der Waals surface area contributed by atoms with Gasteiger partial charge < -0.3 is 9.11 Å². The Labute approximate surface area is 82.7 Å². The Balaban J connectivity index is -0.0000000800. The van der Waals surface area contributed by atoms with Crippen LogP contribution in [-0.4, -0.2) is 17.5 Å². The van der Waals surface area contributed by atoms with Gasteiger partial charge in [-0.15, -0.1) is 0 Å². The molecule has 32 valence electrons.